The van der Waals surface area contributed by atoms with Crippen molar-refractivity contribution >= 4 is 5.91 Å². The van der Waals surface area contributed by atoms with Crippen LogP contribution in [0.4, 0.5) is 0 Å². The average molecular weight is 158 g/mol. The Balaban J connectivity index is 2.80. The number of nitrogens with zero attached hydrogens (tertiary/aromatic N) is 1. The smallest absolute Gasteiger partial charge is 0.318 e. The number of hydrogen-bond acceptors (Lipinski definition) is 2. The van der Waals surface area contributed by atoms with Crippen LogP contribution in [0.25, 0.3) is 0 Å². The zero-order valence-corrected chi connectivity index (χ0v) is 7.37. The van der Waals surface area contributed by atoms with Gasteiger partial charge in [-0.05, 0) is 6.42 Å². The Morgan fingerprint density at radius 3 is 2.36 bits per heavy atom. The van der Waals surface area contributed by atoms with E-state index in [1.165, 1.54) is 0 Å². The van der Waals surface area contributed by atoms with Crippen LogP contribution in [0, 0.1) is 5.92 Å². The molecule has 1 aliphatic heterocycles. The second kappa shape index (κ2) is 2.57. The largest absolute Gasteiger partial charge is 0.344 e. The van der Waals surface area contributed by atoms with Gasteiger partial charge in [-0.3, -0.25) is 0 Å². The lowest BCUT2D eigenvalue weighted by Gasteiger charge is -2.24. The van der Waals surface area contributed by atoms with Crippen LogP contribution in [-0.2, 0) is 4.79 Å². The van der Waals surface area contributed by atoms with Crippen molar-refractivity contribution in [1.29, 1.82) is 0 Å². The maximum absolute atomic E-state index is 11.5. The Bertz CT molecular complexity index is 177. The highest BCUT2D eigenvalue weighted by atomic mass is 16.3. The lowest BCUT2D eigenvalue weighted by atomic mass is 10.1. The van der Waals surface area contributed by atoms with E-state index in [0.29, 0.717) is 6.42 Å². The van der Waals surface area contributed by atoms with E-state index in [1.54, 1.807) is 14.1 Å². The van der Waals surface area contributed by atoms with Gasteiger partial charge in [0.15, 0.2) is 6.23 Å². The maximum atomic E-state index is 11.5. The molecule has 0 bridgehead atoms. The molecule has 64 valence electrons. The highest BCUT2D eigenvalue weighted by Gasteiger charge is 2.47. The monoisotopic (exact) mass is 158 g/mol. The zero-order valence-electron chi connectivity index (χ0n) is 7.37. The molecule has 0 aromatic carbocycles. The van der Waals surface area contributed by atoms with Gasteiger partial charge < -0.3 is 5.11 Å². The minimum Gasteiger partial charge on any atom is -0.344 e. The molecule has 1 amide bonds. The van der Waals surface area contributed by atoms with Crippen molar-refractivity contribution in [3.8, 4) is 0 Å². The standard InChI is InChI=1S/C8H16NO2/c1-4-6-5-7(10)9(2,3)8(6)11/h6-7,10H,4-5H2,1-3H3/q+1. The van der Waals surface area contributed by atoms with Crippen molar-refractivity contribution in [3.05, 3.63) is 0 Å². The van der Waals surface area contributed by atoms with E-state index in [1.807, 2.05) is 6.92 Å². The molecule has 0 aliphatic carbocycles. The average Bonchev–Trinajstić information content (AvgIpc) is 2.14. The fourth-order valence-corrected chi connectivity index (χ4v) is 1.58. The Morgan fingerprint density at radius 2 is 2.18 bits per heavy atom. The first-order valence-electron chi connectivity index (χ1n) is 4.06. The van der Waals surface area contributed by atoms with Gasteiger partial charge in [0.2, 0.25) is 0 Å². The van der Waals surface area contributed by atoms with Crippen LogP contribution in [-0.4, -0.2) is 35.8 Å². The Morgan fingerprint density at radius 1 is 1.64 bits per heavy atom. The number of aliphatic hydroxyl groups is 1. The summed E-state index contributed by atoms with van der Waals surface area (Å²) in [5, 5.41) is 9.48. The van der Waals surface area contributed by atoms with Gasteiger partial charge in [0.25, 0.3) is 0 Å². The minimum atomic E-state index is -0.493. The second-order valence-corrected chi connectivity index (χ2v) is 3.70. The van der Waals surface area contributed by atoms with Gasteiger partial charge in [-0.1, -0.05) is 6.92 Å². The van der Waals surface area contributed by atoms with E-state index in [4.69, 9.17) is 0 Å². The third kappa shape index (κ3) is 1.19. The van der Waals surface area contributed by atoms with Crippen LogP contribution in [0.5, 0.6) is 0 Å². The minimum absolute atomic E-state index is 0.0694. The molecular weight excluding hydrogens is 142 g/mol. The summed E-state index contributed by atoms with van der Waals surface area (Å²) >= 11 is 0. The topological polar surface area (TPSA) is 37.3 Å². The van der Waals surface area contributed by atoms with Crippen LogP contribution in [0.3, 0.4) is 0 Å². The van der Waals surface area contributed by atoms with E-state index in [2.05, 4.69) is 0 Å². The number of aliphatic hydroxyl groups excluding tert-OH is 1. The number of amides is 1. The van der Waals surface area contributed by atoms with Crippen molar-refractivity contribution < 1.29 is 14.4 Å². The molecule has 3 nitrogen and oxygen atoms in total. The van der Waals surface area contributed by atoms with Crippen LogP contribution < -0.4 is 0 Å². The number of hydrogen-bond donors (Lipinski definition) is 1. The lowest BCUT2D eigenvalue weighted by Crippen LogP contribution is -2.48. The van der Waals surface area contributed by atoms with E-state index in [-0.39, 0.29) is 16.3 Å². The molecule has 3 heteroatoms. The van der Waals surface area contributed by atoms with E-state index < -0.39 is 6.23 Å². The first-order valence-corrected chi connectivity index (χ1v) is 4.06. The number of likely N-dealkylation sites (tertiary alicyclic amines) is 1. The molecule has 0 radical (unpaired) electrons. The first kappa shape index (κ1) is 8.68. The van der Waals surface area contributed by atoms with E-state index in [9.17, 15) is 9.90 Å². The van der Waals surface area contributed by atoms with Gasteiger partial charge in [-0.25, -0.2) is 9.28 Å². The molecule has 1 rings (SSSR count). The second-order valence-electron chi connectivity index (χ2n) is 3.70. The molecule has 0 aromatic heterocycles. The van der Waals surface area contributed by atoms with Crippen LogP contribution in [0.1, 0.15) is 19.8 Å². The molecule has 0 aromatic rings. The van der Waals surface area contributed by atoms with Gasteiger partial charge in [0.1, 0.15) is 0 Å². The third-order valence-corrected chi connectivity index (χ3v) is 2.65. The zero-order chi connectivity index (χ0) is 8.65. The van der Waals surface area contributed by atoms with E-state index in [0.717, 1.165) is 6.42 Å². The SMILES string of the molecule is CCC1CC(O)[N+](C)(C)C1=O. The quantitative estimate of drug-likeness (QED) is 0.559. The van der Waals surface area contributed by atoms with Gasteiger partial charge in [-0.2, -0.15) is 0 Å². The molecular formula is C8H16NO2+. The summed E-state index contributed by atoms with van der Waals surface area (Å²) in [6.07, 6.45) is 0.979. The summed E-state index contributed by atoms with van der Waals surface area (Å²) in [4.78, 5) is 11.5. The van der Waals surface area contributed by atoms with Gasteiger partial charge in [-0.15, -0.1) is 0 Å². The highest BCUT2D eigenvalue weighted by molar-refractivity contribution is 5.73. The van der Waals surface area contributed by atoms with Crippen LogP contribution in [0.2, 0.25) is 0 Å². The first-order chi connectivity index (χ1) is 5.00. The molecule has 2 atom stereocenters. The number of carbonyl (C=O) groups is 1. The van der Waals surface area contributed by atoms with Crippen LogP contribution >= 0.6 is 0 Å². The molecule has 1 fully saturated rings. The summed E-state index contributed by atoms with van der Waals surface area (Å²) in [6, 6.07) is 0. The van der Waals surface area contributed by atoms with Gasteiger partial charge in [0, 0.05) is 6.42 Å². The predicted octanol–water partition coefficient (Wildman–Crippen LogP) is 0.338. The molecule has 0 saturated carbocycles. The molecule has 1 N–H and O–H groups in total. The summed E-state index contributed by atoms with van der Waals surface area (Å²) in [6.45, 7) is 1.99. The number of carbonyl (C=O) groups excluding carboxylic acids is 1. The maximum Gasteiger partial charge on any atom is 0.318 e. The Kier molecular flexibility index (Phi) is 2.03. The predicted molar refractivity (Wildman–Crippen MR) is 41.5 cm³/mol. The molecule has 1 heterocycles. The summed E-state index contributed by atoms with van der Waals surface area (Å²) in [5.41, 5.74) is 0. The third-order valence-electron chi connectivity index (χ3n) is 2.65. The molecule has 0 spiro atoms. The molecule has 1 aliphatic rings. The lowest BCUT2D eigenvalue weighted by molar-refractivity contribution is -0.856. The summed E-state index contributed by atoms with van der Waals surface area (Å²) in [7, 11) is 3.53. The summed E-state index contributed by atoms with van der Waals surface area (Å²) < 4.78 is 0.137. The fraction of sp³-hybridized carbons (Fsp3) is 0.875. The molecule has 11 heavy (non-hydrogen) atoms. The Hall–Kier alpha value is -0.410. The summed E-state index contributed by atoms with van der Waals surface area (Å²) in [5.74, 6) is 0.236. The number of quaternary nitrogens is 1. The van der Waals surface area contributed by atoms with Crippen molar-refractivity contribution in [1.82, 2.24) is 0 Å². The van der Waals surface area contributed by atoms with Crippen LogP contribution in [0.15, 0.2) is 0 Å². The molecule has 1 saturated heterocycles. The van der Waals surface area contributed by atoms with Crippen molar-refractivity contribution in [2.75, 3.05) is 14.1 Å². The Labute approximate surface area is 67.2 Å². The van der Waals surface area contributed by atoms with Crippen molar-refractivity contribution in [2.45, 2.75) is 26.0 Å². The number of rotatable bonds is 1. The van der Waals surface area contributed by atoms with Crippen molar-refractivity contribution in [3.63, 3.8) is 0 Å². The van der Waals surface area contributed by atoms with Gasteiger partial charge in [0.05, 0.1) is 20.0 Å². The fourth-order valence-electron chi connectivity index (χ4n) is 1.58. The molecule has 2 unspecified atom stereocenters. The van der Waals surface area contributed by atoms with E-state index >= 15 is 0 Å². The highest BCUT2D eigenvalue weighted by Crippen LogP contribution is 2.29. The van der Waals surface area contributed by atoms with Crippen molar-refractivity contribution in [2.24, 2.45) is 5.92 Å². The van der Waals surface area contributed by atoms with Gasteiger partial charge >= 0.3 is 5.91 Å². The normalized spacial score (nSPS) is 36.2.